The number of pyridine rings is 1. The molecule has 1 aromatic heterocycles. The minimum absolute atomic E-state index is 0.219. The molecule has 4 rings (SSSR count). The lowest BCUT2D eigenvalue weighted by Crippen LogP contribution is -2.19. The first-order chi connectivity index (χ1) is 12.6. The lowest BCUT2D eigenvalue weighted by Gasteiger charge is -2.28. The second-order valence-corrected chi connectivity index (χ2v) is 7.77. The molecule has 1 aromatic carbocycles. The Kier molecular flexibility index (Phi) is 4.40. The summed E-state index contributed by atoms with van der Waals surface area (Å²) in [7, 11) is 0. The summed E-state index contributed by atoms with van der Waals surface area (Å²) in [5.41, 5.74) is 6.66. The summed E-state index contributed by atoms with van der Waals surface area (Å²) in [6.07, 6.45) is 17.8. The highest BCUT2D eigenvalue weighted by Crippen LogP contribution is 2.40. The van der Waals surface area contributed by atoms with Gasteiger partial charge in [-0.3, -0.25) is 4.98 Å². The fourth-order valence-electron chi connectivity index (χ4n) is 4.13. The van der Waals surface area contributed by atoms with Crippen LogP contribution in [0.3, 0.4) is 0 Å². The molecule has 0 amide bonds. The van der Waals surface area contributed by atoms with E-state index >= 15 is 0 Å². The number of benzene rings is 1. The first-order valence-electron chi connectivity index (χ1n) is 9.78. The molecule has 0 fully saturated rings. The first-order valence-corrected chi connectivity index (χ1v) is 9.78. The molecule has 0 saturated carbocycles. The van der Waals surface area contributed by atoms with Crippen LogP contribution in [-0.4, -0.2) is 4.98 Å². The summed E-state index contributed by atoms with van der Waals surface area (Å²) in [6, 6.07) is 11.3. The smallest absolute Gasteiger partial charge is 0.0705 e. The summed E-state index contributed by atoms with van der Waals surface area (Å²) in [6.45, 7) is 6.91. The molecule has 0 radical (unpaired) electrons. The number of hydrogen-bond donors (Lipinski definition) is 0. The molecule has 26 heavy (non-hydrogen) atoms. The maximum Gasteiger partial charge on any atom is 0.0705 e. The van der Waals surface area contributed by atoms with Crippen LogP contribution < -0.4 is 0 Å². The molecule has 0 bridgehead atoms. The van der Waals surface area contributed by atoms with Crippen molar-refractivity contribution in [2.75, 3.05) is 0 Å². The Morgan fingerprint density at radius 2 is 1.77 bits per heavy atom. The zero-order valence-corrected chi connectivity index (χ0v) is 15.9. The van der Waals surface area contributed by atoms with Crippen LogP contribution >= 0.6 is 0 Å². The van der Waals surface area contributed by atoms with E-state index in [0.29, 0.717) is 11.8 Å². The lowest BCUT2D eigenvalue weighted by molar-refractivity contribution is 0.438. The number of allylic oxidation sites excluding steroid dienone is 5. The number of hydrogen-bond acceptors (Lipinski definition) is 1. The third kappa shape index (κ3) is 2.86. The highest BCUT2D eigenvalue weighted by molar-refractivity contribution is 5.69. The van der Waals surface area contributed by atoms with Gasteiger partial charge in [-0.25, -0.2) is 0 Å². The van der Waals surface area contributed by atoms with Gasteiger partial charge in [-0.1, -0.05) is 69.4 Å². The number of fused-ring (bicyclic) bond motifs is 3. The van der Waals surface area contributed by atoms with Gasteiger partial charge in [0.15, 0.2) is 0 Å². The minimum Gasteiger partial charge on any atom is -0.256 e. The topological polar surface area (TPSA) is 12.9 Å². The molecular formula is C25H27N. The second-order valence-electron chi connectivity index (χ2n) is 7.77. The Hall–Kier alpha value is -2.41. The van der Waals surface area contributed by atoms with Gasteiger partial charge in [0.2, 0.25) is 0 Å². The van der Waals surface area contributed by atoms with E-state index in [9.17, 15) is 0 Å². The quantitative estimate of drug-likeness (QED) is 0.604. The standard InChI is InChI=1S/C25H27N/c1-4-25(3,5-2)21-14-15-26-24(17-21)20-13-12-19-11-10-18-8-6-7-9-22(18)23(19)16-20/h6-18,22H,4-5H2,1-3H3. The van der Waals surface area contributed by atoms with Crippen molar-refractivity contribution in [2.24, 2.45) is 5.92 Å². The van der Waals surface area contributed by atoms with Crippen LogP contribution in [-0.2, 0) is 5.41 Å². The molecule has 2 unspecified atom stereocenters. The first kappa shape index (κ1) is 17.0. The Labute approximate surface area is 157 Å². The maximum absolute atomic E-state index is 4.69. The summed E-state index contributed by atoms with van der Waals surface area (Å²) >= 11 is 0. The minimum atomic E-state index is 0.219. The molecule has 2 aromatic rings. The Morgan fingerprint density at radius 3 is 2.58 bits per heavy atom. The Bertz CT molecular complexity index is 896. The van der Waals surface area contributed by atoms with Crippen molar-refractivity contribution < 1.29 is 0 Å². The third-order valence-corrected chi connectivity index (χ3v) is 6.43. The Balaban J connectivity index is 1.76. The number of rotatable bonds is 4. The normalized spacial score (nSPS) is 20.7. The van der Waals surface area contributed by atoms with Crippen molar-refractivity contribution in [3.05, 3.63) is 83.6 Å². The van der Waals surface area contributed by atoms with Crippen molar-refractivity contribution >= 4 is 6.08 Å². The molecule has 0 aliphatic heterocycles. The molecule has 2 aliphatic carbocycles. The number of nitrogens with zero attached hydrogens (tertiary/aromatic N) is 1. The van der Waals surface area contributed by atoms with Crippen molar-refractivity contribution in [3.63, 3.8) is 0 Å². The van der Waals surface area contributed by atoms with E-state index in [1.165, 1.54) is 22.3 Å². The highest BCUT2D eigenvalue weighted by atomic mass is 14.7. The van der Waals surface area contributed by atoms with Gasteiger partial charge in [0.05, 0.1) is 5.69 Å². The van der Waals surface area contributed by atoms with Gasteiger partial charge in [-0.2, -0.15) is 0 Å². The zero-order chi connectivity index (χ0) is 18.1. The molecule has 0 N–H and O–H groups in total. The predicted molar refractivity (Wildman–Crippen MR) is 111 cm³/mol. The van der Waals surface area contributed by atoms with Gasteiger partial charge in [0.1, 0.15) is 0 Å². The number of aromatic nitrogens is 1. The third-order valence-electron chi connectivity index (χ3n) is 6.43. The van der Waals surface area contributed by atoms with Gasteiger partial charge >= 0.3 is 0 Å². The molecule has 1 heteroatoms. The molecular weight excluding hydrogens is 314 g/mol. The molecule has 0 spiro atoms. The molecule has 132 valence electrons. The van der Waals surface area contributed by atoms with E-state index in [2.05, 4.69) is 87.6 Å². The molecule has 1 nitrogen and oxygen atoms in total. The maximum atomic E-state index is 4.69. The van der Waals surface area contributed by atoms with E-state index in [4.69, 9.17) is 4.98 Å². The predicted octanol–water partition coefficient (Wildman–Crippen LogP) is 6.68. The van der Waals surface area contributed by atoms with Crippen molar-refractivity contribution in [1.29, 1.82) is 0 Å². The van der Waals surface area contributed by atoms with Crippen LogP contribution in [0.25, 0.3) is 17.3 Å². The second kappa shape index (κ2) is 6.72. The highest BCUT2D eigenvalue weighted by Gasteiger charge is 2.25. The van der Waals surface area contributed by atoms with Gasteiger partial charge in [-0.15, -0.1) is 0 Å². The van der Waals surface area contributed by atoms with Gasteiger partial charge in [0.25, 0.3) is 0 Å². The summed E-state index contributed by atoms with van der Waals surface area (Å²) < 4.78 is 0. The van der Waals surface area contributed by atoms with Crippen LogP contribution in [0.4, 0.5) is 0 Å². The van der Waals surface area contributed by atoms with Crippen LogP contribution in [0.2, 0.25) is 0 Å². The Morgan fingerprint density at radius 1 is 0.962 bits per heavy atom. The van der Waals surface area contributed by atoms with Gasteiger partial charge < -0.3 is 0 Å². The zero-order valence-electron chi connectivity index (χ0n) is 15.9. The average molecular weight is 341 g/mol. The van der Waals surface area contributed by atoms with E-state index in [0.717, 1.165) is 18.5 Å². The van der Waals surface area contributed by atoms with Gasteiger partial charge in [-0.05, 0) is 53.1 Å². The largest absolute Gasteiger partial charge is 0.256 e. The van der Waals surface area contributed by atoms with Crippen LogP contribution in [0, 0.1) is 5.92 Å². The fourth-order valence-corrected chi connectivity index (χ4v) is 4.13. The van der Waals surface area contributed by atoms with Crippen molar-refractivity contribution in [3.8, 4) is 11.3 Å². The van der Waals surface area contributed by atoms with E-state index in [-0.39, 0.29) is 5.41 Å². The van der Waals surface area contributed by atoms with Crippen molar-refractivity contribution in [2.45, 2.75) is 44.9 Å². The summed E-state index contributed by atoms with van der Waals surface area (Å²) in [5, 5.41) is 0. The van der Waals surface area contributed by atoms with E-state index in [1.807, 2.05) is 6.20 Å². The van der Waals surface area contributed by atoms with Crippen molar-refractivity contribution in [1.82, 2.24) is 4.98 Å². The SMILES string of the molecule is CCC(C)(CC)c1ccnc(-c2ccc3c(c2)C2C=CC=CC2C=C3)c1. The average Bonchev–Trinajstić information content (AvgIpc) is 2.72. The van der Waals surface area contributed by atoms with E-state index < -0.39 is 0 Å². The van der Waals surface area contributed by atoms with Crippen LogP contribution in [0.15, 0.2) is 66.9 Å². The molecule has 2 aliphatic rings. The van der Waals surface area contributed by atoms with Gasteiger partial charge in [0, 0.05) is 23.6 Å². The molecule has 2 atom stereocenters. The summed E-state index contributed by atoms with van der Waals surface area (Å²) in [4.78, 5) is 4.69. The lowest BCUT2D eigenvalue weighted by atomic mass is 9.76. The monoisotopic (exact) mass is 341 g/mol. The van der Waals surface area contributed by atoms with E-state index in [1.54, 1.807) is 0 Å². The molecule has 1 heterocycles. The van der Waals surface area contributed by atoms with Crippen LogP contribution in [0.1, 0.15) is 56.2 Å². The van der Waals surface area contributed by atoms with Crippen LogP contribution in [0.5, 0.6) is 0 Å². The fraction of sp³-hybridized carbons (Fsp3) is 0.320. The summed E-state index contributed by atoms with van der Waals surface area (Å²) in [5.74, 6) is 0.921. The molecule has 0 saturated heterocycles.